The van der Waals surface area contributed by atoms with Crippen molar-refractivity contribution in [3.05, 3.63) is 24.0 Å². The van der Waals surface area contributed by atoms with Crippen LogP contribution in [0.25, 0.3) is 0 Å². The predicted molar refractivity (Wildman–Crippen MR) is 70.6 cm³/mol. The SMILES string of the molecule is O=C1CCC(CC(=O)N2CCc3ncccc32)CN1. The molecule has 1 N–H and O–H groups in total. The maximum Gasteiger partial charge on any atom is 0.227 e. The summed E-state index contributed by atoms with van der Waals surface area (Å²) in [6, 6.07) is 3.82. The topological polar surface area (TPSA) is 62.3 Å². The number of aromatic nitrogens is 1. The van der Waals surface area contributed by atoms with Gasteiger partial charge in [-0.3, -0.25) is 14.6 Å². The average Bonchev–Trinajstić information content (AvgIpc) is 2.85. The van der Waals surface area contributed by atoms with Gasteiger partial charge in [0.15, 0.2) is 0 Å². The first kappa shape index (κ1) is 12.1. The van der Waals surface area contributed by atoms with Crippen molar-refractivity contribution in [2.45, 2.75) is 25.7 Å². The lowest BCUT2D eigenvalue weighted by Crippen LogP contribution is -2.38. The molecular weight excluding hydrogens is 242 g/mol. The molecule has 1 atom stereocenters. The first-order valence-electron chi connectivity index (χ1n) is 6.75. The van der Waals surface area contributed by atoms with Gasteiger partial charge in [0.05, 0.1) is 11.4 Å². The second-order valence-electron chi connectivity index (χ2n) is 5.18. The molecule has 3 heterocycles. The summed E-state index contributed by atoms with van der Waals surface area (Å²) in [5, 5.41) is 2.83. The molecule has 19 heavy (non-hydrogen) atoms. The molecule has 5 heteroatoms. The maximum atomic E-state index is 12.3. The highest BCUT2D eigenvalue weighted by Crippen LogP contribution is 2.27. The summed E-state index contributed by atoms with van der Waals surface area (Å²) in [5.41, 5.74) is 1.96. The van der Waals surface area contributed by atoms with E-state index >= 15 is 0 Å². The van der Waals surface area contributed by atoms with Crippen molar-refractivity contribution >= 4 is 17.5 Å². The lowest BCUT2D eigenvalue weighted by molar-refractivity contribution is -0.125. The molecular formula is C14H17N3O2. The summed E-state index contributed by atoms with van der Waals surface area (Å²) < 4.78 is 0. The molecule has 3 rings (SSSR count). The second-order valence-corrected chi connectivity index (χ2v) is 5.18. The molecule has 1 unspecified atom stereocenters. The van der Waals surface area contributed by atoms with Crippen molar-refractivity contribution in [2.24, 2.45) is 5.92 Å². The van der Waals surface area contributed by atoms with Gasteiger partial charge in [0.25, 0.3) is 0 Å². The third-order valence-corrected chi connectivity index (χ3v) is 3.86. The van der Waals surface area contributed by atoms with E-state index in [2.05, 4.69) is 10.3 Å². The smallest absolute Gasteiger partial charge is 0.227 e. The van der Waals surface area contributed by atoms with Crippen molar-refractivity contribution in [3.63, 3.8) is 0 Å². The molecule has 0 spiro atoms. The van der Waals surface area contributed by atoms with E-state index in [-0.39, 0.29) is 17.7 Å². The van der Waals surface area contributed by atoms with E-state index in [9.17, 15) is 9.59 Å². The van der Waals surface area contributed by atoms with Crippen LogP contribution < -0.4 is 10.2 Å². The van der Waals surface area contributed by atoms with Crippen LogP contribution >= 0.6 is 0 Å². The number of anilines is 1. The van der Waals surface area contributed by atoms with Gasteiger partial charge in [-0.2, -0.15) is 0 Å². The second kappa shape index (κ2) is 4.99. The van der Waals surface area contributed by atoms with Gasteiger partial charge >= 0.3 is 0 Å². The highest BCUT2D eigenvalue weighted by molar-refractivity contribution is 5.95. The minimum Gasteiger partial charge on any atom is -0.356 e. The Morgan fingerprint density at radius 2 is 2.37 bits per heavy atom. The fraction of sp³-hybridized carbons (Fsp3) is 0.500. The van der Waals surface area contributed by atoms with Gasteiger partial charge in [-0.25, -0.2) is 0 Å². The van der Waals surface area contributed by atoms with Crippen LogP contribution in [-0.2, 0) is 16.0 Å². The van der Waals surface area contributed by atoms with Crippen molar-refractivity contribution in [1.29, 1.82) is 0 Å². The highest BCUT2D eigenvalue weighted by atomic mass is 16.2. The number of carbonyl (C=O) groups excluding carboxylic acids is 2. The fourth-order valence-electron chi connectivity index (χ4n) is 2.78. The monoisotopic (exact) mass is 259 g/mol. The largest absolute Gasteiger partial charge is 0.356 e. The molecule has 100 valence electrons. The molecule has 5 nitrogen and oxygen atoms in total. The van der Waals surface area contributed by atoms with Gasteiger partial charge in [0.1, 0.15) is 0 Å². The van der Waals surface area contributed by atoms with Crippen molar-refractivity contribution in [3.8, 4) is 0 Å². The molecule has 0 saturated carbocycles. The van der Waals surface area contributed by atoms with Gasteiger partial charge in [-0.15, -0.1) is 0 Å². The van der Waals surface area contributed by atoms with Crippen LogP contribution in [0.1, 0.15) is 25.0 Å². The first-order valence-corrected chi connectivity index (χ1v) is 6.75. The van der Waals surface area contributed by atoms with E-state index in [0.29, 0.717) is 19.4 Å². The van der Waals surface area contributed by atoms with Crippen LogP contribution in [0.5, 0.6) is 0 Å². The first-order chi connectivity index (χ1) is 9.24. The summed E-state index contributed by atoms with van der Waals surface area (Å²) in [4.78, 5) is 29.6. The Bertz CT molecular complexity index is 505. The van der Waals surface area contributed by atoms with E-state index < -0.39 is 0 Å². The average molecular weight is 259 g/mol. The number of piperidine rings is 1. The van der Waals surface area contributed by atoms with E-state index in [1.807, 2.05) is 17.0 Å². The number of amides is 2. The Labute approximate surface area is 112 Å². The van der Waals surface area contributed by atoms with Crippen molar-refractivity contribution < 1.29 is 9.59 Å². The number of nitrogens with zero attached hydrogens (tertiary/aromatic N) is 2. The molecule has 0 aliphatic carbocycles. The lowest BCUT2D eigenvalue weighted by Gasteiger charge is -2.24. The molecule has 0 bridgehead atoms. The van der Waals surface area contributed by atoms with E-state index in [1.54, 1.807) is 6.20 Å². The molecule has 2 amide bonds. The zero-order valence-electron chi connectivity index (χ0n) is 10.8. The zero-order valence-corrected chi connectivity index (χ0v) is 10.8. The normalized spacial score (nSPS) is 22.0. The van der Waals surface area contributed by atoms with Gasteiger partial charge in [0, 0.05) is 38.5 Å². The molecule has 1 aromatic rings. The molecule has 2 aliphatic heterocycles. The minimum absolute atomic E-state index is 0.0967. The Morgan fingerprint density at radius 1 is 1.47 bits per heavy atom. The van der Waals surface area contributed by atoms with Gasteiger partial charge in [0.2, 0.25) is 11.8 Å². The van der Waals surface area contributed by atoms with Gasteiger partial charge in [-0.05, 0) is 24.5 Å². The summed E-state index contributed by atoms with van der Waals surface area (Å²) in [6.07, 6.45) is 4.46. The Hall–Kier alpha value is -1.91. The highest BCUT2D eigenvalue weighted by Gasteiger charge is 2.28. The predicted octanol–water partition coefficient (Wildman–Crippen LogP) is 0.887. The van der Waals surface area contributed by atoms with E-state index in [4.69, 9.17) is 0 Å². The molecule has 2 aliphatic rings. The summed E-state index contributed by atoms with van der Waals surface area (Å²) in [5.74, 6) is 0.512. The van der Waals surface area contributed by atoms with Crippen molar-refractivity contribution in [1.82, 2.24) is 10.3 Å². The van der Waals surface area contributed by atoms with Crippen LogP contribution in [0, 0.1) is 5.92 Å². The zero-order chi connectivity index (χ0) is 13.2. The van der Waals surface area contributed by atoms with Crippen LogP contribution in [0.2, 0.25) is 0 Å². The number of hydrogen-bond donors (Lipinski definition) is 1. The standard InChI is InChI=1S/C14H17N3O2/c18-13-4-3-10(9-16-13)8-14(19)17-7-5-11-12(17)2-1-6-15-11/h1-2,6,10H,3-5,7-9H2,(H,16,18). The number of pyridine rings is 1. The molecule has 1 fully saturated rings. The number of rotatable bonds is 2. The molecule has 0 aromatic carbocycles. The number of carbonyl (C=O) groups is 2. The minimum atomic E-state index is 0.0967. The van der Waals surface area contributed by atoms with Gasteiger partial charge < -0.3 is 10.2 Å². The summed E-state index contributed by atoms with van der Waals surface area (Å²) in [6.45, 7) is 1.35. The molecule has 1 saturated heterocycles. The van der Waals surface area contributed by atoms with Crippen molar-refractivity contribution in [2.75, 3.05) is 18.0 Å². The Morgan fingerprint density at radius 3 is 3.16 bits per heavy atom. The third kappa shape index (κ3) is 2.45. The lowest BCUT2D eigenvalue weighted by atomic mass is 9.95. The molecule has 1 aromatic heterocycles. The quantitative estimate of drug-likeness (QED) is 0.858. The number of hydrogen-bond acceptors (Lipinski definition) is 3. The van der Waals surface area contributed by atoms with Crippen LogP contribution in [0.3, 0.4) is 0 Å². The Kier molecular flexibility index (Phi) is 3.19. The number of nitrogens with one attached hydrogen (secondary N) is 1. The third-order valence-electron chi connectivity index (χ3n) is 3.86. The summed E-state index contributed by atoms with van der Waals surface area (Å²) in [7, 11) is 0. The van der Waals surface area contributed by atoms with Crippen LogP contribution in [0.15, 0.2) is 18.3 Å². The Balaban J connectivity index is 1.64. The maximum absolute atomic E-state index is 12.3. The summed E-state index contributed by atoms with van der Waals surface area (Å²) >= 11 is 0. The van der Waals surface area contributed by atoms with Crippen LogP contribution in [0.4, 0.5) is 5.69 Å². The molecule has 0 radical (unpaired) electrons. The van der Waals surface area contributed by atoms with Crippen LogP contribution in [-0.4, -0.2) is 29.9 Å². The fourth-order valence-corrected chi connectivity index (χ4v) is 2.78. The van der Waals surface area contributed by atoms with E-state index in [0.717, 1.165) is 30.8 Å². The van der Waals surface area contributed by atoms with Gasteiger partial charge in [-0.1, -0.05) is 0 Å². The number of fused-ring (bicyclic) bond motifs is 1. The van der Waals surface area contributed by atoms with E-state index in [1.165, 1.54) is 0 Å².